The van der Waals surface area contributed by atoms with Crippen molar-refractivity contribution in [2.45, 2.75) is 36.7 Å². The van der Waals surface area contributed by atoms with Gasteiger partial charge in [0, 0.05) is 34.3 Å². The number of hydrogen-bond donors (Lipinski definition) is 0. The van der Waals surface area contributed by atoms with Crippen LogP contribution >= 0.6 is 23.4 Å². The van der Waals surface area contributed by atoms with Gasteiger partial charge in [-0.1, -0.05) is 11.6 Å². The van der Waals surface area contributed by atoms with Crippen molar-refractivity contribution >= 4 is 40.2 Å². The molecule has 1 spiro atoms. The smallest absolute Gasteiger partial charge is 0.312 e. The number of halogens is 3. The summed E-state index contributed by atoms with van der Waals surface area (Å²) < 4.78 is 38.6. The van der Waals surface area contributed by atoms with E-state index >= 15 is 0 Å². The Morgan fingerprint density at radius 2 is 2.00 bits per heavy atom. The Hall–Kier alpha value is -2.42. The number of cyclic esters (lactones) is 1. The Morgan fingerprint density at radius 3 is 2.75 bits per heavy atom. The monoisotopic (exact) mass is 532 g/mol. The summed E-state index contributed by atoms with van der Waals surface area (Å²) in [6.45, 7) is 2.28. The summed E-state index contributed by atoms with van der Waals surface area (Å²) in [4.78, 5) is 20.3. The first-order valence-electron chi connectivity index (χ1n) is 12.0. The third-order valence-electron chi connectivity index (χ3n) is 7.33. The van der Waals surface area contributed by atoms with Crippen LogP contribution in [-0.2, 0) is 9.53 Å². The molecule has 2 aromatic carbocycles. The highest BCUT2D eigenvalue weighted by Gasteiger charge is 2.47. The Morgan fingerprint density at radius 1 is 1.19 bits per heavy atom. The number of pyridine rings is 1. The van der Waals surface area contributed by atoms with Gasteiger partial charge in [0.05, 0.1) is 23.1 Å². The molecule has 0 N–H and O–H groups in total. The van der Waals surface area contributed by atoms with Crippen molar-refractivity contribution in [3.63, 3.8) is 0 Å². The van der Waals surface area contributed by atoms with Crippen LogP contribution in [0.5, 0.6) is 5.75 Å². The molecule has 2 fully saturated rings. The zero-order valence-electron chi connectivity index (χ0n) is 19.9. The van der Waals surface area contributed by atoms with Crippen molar-refractivity contribution in [1.82, 2.24) is 9.88 Å². The number of nitrogens with zero attached hydrogens (tertiary/aromatic N) is 2. The number of fused-ring (bicyclic) bond motifs is 1. The van der Waals surface area contributed by atoms with Crippen molar-refractivity contribution in [3.8, 4) is 5.75 Å². The molecule has 190 valence electrons. The van der Waals surface area contributed by atoms with Gasteiger partial charge in [0.15, 0.2) is 0 Å². The van der Waals surface area contributed by atoms with Crippen LogP contribution in [0.1, 0.15) is 37.4 Å². The van der Waals surface area contributed by atoms with E-state index < -0.39 is 23.2 Å². The molecular formula is C27H27ClF2N2O3S. The number of piperidine rings is 1. The van der Waals surface area contributed by atoms with Crippen molar-refractivity contribution in [2.24, 2.45) is 5.41 Å². The zero-order valence-corrected chi connectivity index (χ0v) is 21.5. The number of aromatic nitrogens is 1. The van der Waals surface area contributed by atoms with Gasteiger partial charge in [-0.3, -0.25) is 9.78 Å². The average Bonchev–Trinajstić information content (AvgIpc) is 2.88. The maximum atomic E-state index is 13.8. The van der Waals surface area contributed by atoms with Gasteiger partial charge in [-0.2, -0.15) is 0 Å². The molecule has 0 saturated carbocycles. The molecular weight excluding hydrogens is 506 g/mol. The normalized spacial score (nSPS) is 20.0. The molecule has 1 atom stereocenters. The molecule has 0 radical (unpaired) electrons. The number of rotatable bonds is 6. The lowest BCUT2D eigenvalue weighted by atomic mass is 9.72. The first-order chi connectivity index (χ1) is 17.4. The van der Waals surface area contributed by atoms with Crippen LogP contribution in [-0.4, -0.2) is 48.4 Å². The van der Waals surface area contributed by atoms with Gasteiger partial charge < -0.3 is 14.4 Å². The number of thioether (sulfide) groups is 1. The minimum atomic E-state index is -0.484. The maximum absolute atomic E-state index is 13.8. The highest BCUT2D eigenvalue weighted by molar-refractivity contribution is 7.99. The summed E-state index contributed by atoms with van der Waals surface area (Å²) >= 11 is 7.85. The fourth-order valence-corrected chi connectivity index (χ4v) is 6.42. The second kappa shape index (κ2) is 10.5. The van der Waals surface area contributed by atoms with E-state index in [-0.39, 0.29) is 5.97 Å². The molecule has 5 nitrogen and oxygen atoms in total. The Balaban J connectivity index is 1.20. The summed E-state index contributed by atoms with van der Waals surface area (Å²) in [5.41, 5.74) is 1.07. The molecule has 2 saturated heterocycles. The van der Waals surface area contributed by atoms with Crippen LogP contribution in [0, 0.1) is 17.0 Å². The summed E-state index contributed by atoms with van der Waals surface area (Å²) in [7, 11) is 1.61. The largest absolute Gasteiger partial charge is 0.497 e. The number of likely N-dealkylation sites (tertiary alicyclic amines) is 1. The molecule has 2 aliphatic heterocycles. The fraction of sp³-hybridized carbons (Fsp3) is 0.407. The highest BCUT2D eigenvalue weighted by Crippen LogP contribution is 2.47. The molecule has 0 amide bonds. The number of ether oxygens (including phenoxy) is 2. The predicted molar refractivity (Wildman–Crippen MR) is 137 cm³/mol. The molecule has 3 heterocycles. The van der Waals surface area contributed by atoms with Gasteiger partial charge >= 0.3 is 5.97 Å². The lowest BCUT2D eigenvalue weighted by molar-refractivity contribution is -0.174. The van der Waals surface area contributed by atoms with Crippen LogP contribution in [0.15, 0.2) is 47.5 Å². The SMILES string of the molecule is COc1ccc2ncc(Cl)c([C@H]3CCC4(CCN(CCSc5cc(F)ccc5F)CC4)C(=O)O3)c2c1. The van der Waals surface area contributed by atoms with E-state index in [1.54, 1.807) is 13.3 Å². The number of carbonyl (C=O) groups excluding carboxylic acids is 1. The first kappa shape index (κ1) is 25.2. The van der Waals surface area contributed by atoms with E-state index in [9.17, 15) is 13.6 Å². The number of carbonyl (C=O) groups is 1. The third-order valence-corrected chi connectivity index (χ3v) is 8.64. The lowest BCUT2D eigenvalue weighted by Gasteiger charge is -2.44. The Bertz CT molecular complexity index is 1280. The Kier molecular flexibility index (Phi) is 7.37. The molecule has 9 heteroatoms. The average molecular weight is 533 g/mol. The van der Waals surface area contributed by atoms with E-state index in [2.05, 4.69) is 9.88 Å². The molecule has 1 aromatic heterocycles. The minimum absolute atomic E-state index is 0.168. The van der Waals surface area contributed by atoms with Crippen molar-refractivity contribution < 1.29 is 23.0 Å². The van der Waals surface area contributed by atoms with E-state index in [1.165, 1.54) is 17.8 Å². The molecule has 0 bridgehead atoms. The standard InChI is InChI=1S/C27H27ClF2N2O3S/c1-34-18-3-5-22-19(15-18)25(20(28)16-31-22)23-6-7-27(26(33)35-23)8-10-32(11-9-27)12-13-36-24-14-17(29)2-4-21(24)30/h2-5,14-16,23H,6-13H2,1H3/t23-/m1/s1. The molecule has 36 heavy (non-hydrogen) atoms. The van der Waals surface area contributed by atoms with Gasteiger partial charge in [-0.05, 0) is 75.2 Å². The number of benzene rings is 2. The second-order valence-electron chi connectivity index (χ2n) is 9.38. The molecule has 0 unspecified atom stereocenters. The number of methoxy groups -OCH3 is 1. The van der Waals surface area contributed by atoms with Gasteiger partial charge in [-0.15, -0.1) is 11.8 Å². The topological polar surface area (TPSA) is 51.7 Å². The van der Waals surface area contributed by atoms with Crippen molar-refractivity contribution in [3.05, 3.63) is 64.8 Å². The Labute approximate surface area is 218 Å². The van der Waals surface area contributed by atoms with Gasteiger partial charge in [-0.25, -0.2) is 8.78 Å². The summed E-state index contributed by atoms with van der Waals surface area (Å²) in [5.74, 6) is 0.333. The van der Waals surface area contributed by atoms with E-state index in [1.807, 2.05) is 18.2 Å². The van der Waals surface area contributed by atoms with Gasteiger partial charge in [0.1, 0.15) is 23.5 Å². The first-order valence-corrected chi connectivity index (χ1v) is 13.4. The van der Waals surface area contributed by atoms with E-state index in [4.69, 9.17) is 21.1 Å². The second-order valence-corrected chi connectivity index (χ2v) is 10.9. The van der Waals surface area contributed by atoms with Crippen LogP contribution in [0.3, 0.4) is 0 Å². The van der Waals surface area contributed by atoms with Gasteiger partial charge in [0.2, 0.25) is 0 Å². The van der Waals surface area contributed by atoms with Crippen molar-refractivity contribution in [2.75, 3.05) is 32.5 Å². The quantitative estimate of drug-likeness (QED) is 0.269. The van der Waals surface area contributed by atoms with E-state index in [0.717, 1.165) is 67.5 Å². The van der Waals surface area contributed by atoms with Crippen LogP contribution < -0.4 is 4.74 Å². The summed E-state index contributed by atoms with van der Waals surface area (Å²) in [6, 6.07) is 9.11. The molecule has 3 aromatic rings. The predicted octanol–water partition coefficient (Wildman–Crippen LogP) is 6.43. The lowest BCUT2D eigenvalue weighted by Crippen LogP contribution is -2.48. The van der Waals surface area contributed by atoms with Crippen LogP contribution in [0.25, 0.3) is 10.9 Å². The third kappa shape index (κ3) is 5.04. The van der Waals surface area contributed by atoms with Gasteiger partial charge in [0.25, 0.3) is 0 Å². The minimum Gasteiger partial charge on any atom is -0.497 e. The molecule has 0 aliphatic carbocycles. The highest BCUT2D eigenvalue weighted by atomic mass is 35.5. The molecule has 2 aliphatic rings. The molecule has 5 rings (SSSR count). The summed E-state index contributed by atoms with van der Waals surface area (Å²) in [6.07, 6.45) is 4.04. The van der Waals surface area contributed by atoms with E-state index in [0.29, 0.717) is 27.8 Å². The fourth-order valence-electron chi connectivity index (χ4n) is 5.18. The number of hydrogen-bond acceptors (Lipinski definition) is 6. The van der Waals surface area contributed by atoms with Crippen LogP contribution in [0.2, 0.25) is 5.02 Å². The maximum Gasteiger partial charge on any atom is 0.312 e. The number of esters is 1. The van der Waals surface area contributed by atoms with Crippen molar-refractivity contribution in [1.29, 1.82) is 0 Å². The van der Waals surface area contributed by atoms with Crippen LogP contribution in [0.4, 0.5) is 8.78 Å². The zero-order chi connectivity index (χ0) is 25.3. The summed E-state index contributed by atoms with van der Waals surface area (Å²) in [5, 5.41) is 1.31.